The molecule has 1 aromatic carbocycles. The number of sulfonamides is 1. The monoisotopic (exact) mass is 498 g/mol. The van der Waals surface area contributed by atoms with Gasteiger partial charge in [0.15, 0.2) is 0 Å². The number of nitrogens with zero attached hydrogens (tertiary/aromatic N) is 3. The smallest absolute Gasteiger partial charge is 0.322 e. The van der Waals surface area contributed by atoms with E-state index in [2.05, 4.69) is 15.5 Å². The van der Waals surface area contributed by atoms with Crippen LogP contribution in [0.4, 0.5) is 6.01 Å². The Labute approximate surface area is 193 Å². The molecule has 1 N–H and O–H groups in total. The van der Waals surface area contributed by atoms with Gasteiger partial charge >= 0.3 is 6.01 Å². The molecular weight excluding hydrogens is 480 g/mol. The van der Waals surface area contributed by atoms with E-state index in [1.807, 2.05) is 30.3 Å². The minimum Gasteiger partial charge on any atom is -0.407 e. The number of carbonyl (C=O) groups excluding carboxylic acids is 1. The summed E-state index contributed by atoms with van der Waals surface area (Å²) in [5.74, 6) is 0.0284. The molecule has 1 aliphatic rings. The largest absolute Gasteiger partial charge is 0.407 e. The second kappa shape index (κ2) is 9.70. The van der Waals surface area contributed by atoms with Crippen LogP contribution in [0.15, 0.2) is 56.0 Å². The van der Waals surface area contributed by atoms with Gasteiger partial charge in [-0.25, -0.2) is 8.42 Å². The summed E-state index contributed by atoms with van der Waals surface area (Å²) in [4.78, 5) is 13.8. The van der Waals surface area contributed by atoms with Crippen LogP contribution in [-0.4, -0.2) is 41.9 Å². The van der Waals surface area contributed by atoms with Crippen LogP contribution in [0, 0.1) is 5.92 Å². The highest BCUT2D eigenvalue weighted by molar-refractivity contribution is 7.98. The Hall–Kier alpha value is -1.92. The molecule has 1 saturated heterocycles. The van der Waals surface area contributed by atoms with Crippen molar-refractivity contribution in [2.45, 2.75) is 27.7 Å². The molecule has 1 amide bonds. The van der Waals surface area contributed by atoms with Gasteiger partial charge in [0.25, 0.3) is 10.0 Å². The molecule has 1 aliphatic heterocycles. The number of benzene rings is 1. The number of carbonyl (C=O) groups is 1. The highest BCUT2D eigenvalue weighted by atomic mass is 35.5. The predicted octanol–water partition coefficient (Wildman–Crippen LogP) is 4.12. The number of hydrogen-bond donors (Lipinski definition) is 1. The summed E-state index contributed by atoms with van der Waals surface area (Å²) in [6.07, 6.45) is 1.16. The Morgan fingerprint density at radius 1 is 1.26 bits per heavy atom. The van der Waals surface area contributed by atoms with Gasteiger partial charge in [-0.3, -0.25) is 10.1 Å². The molecule has 31 heavy (non-hydrogen) atoms. The number of thioether (sulfide) groups is 1. The number of anilines is 1. The van der Waals surface area contributed by atoms with E-state index in [1.165, 1.54) is 10.4 Å². The summed E-state index contributed by atoms with van der Waals surface area (Å²) >= 11 is 8.43. The van der Waals surface area contributed by atoms with E-state index in [-0.39, 0.29) is 22.7 Å². The van der Waals surface area contributed by atoms with Gasteiger partial charge in [-0.05, 0) is 37.1 Å². The fraction of sp³-hybridized carbons (Fsp3) is 0.316. The van der Waals surface area contributed by atoms with Crippen LogP contribution >= 0.6 is 34.7 Å². The zero-order valence-corrected chi connectivity index (χ0v) is 19.4. The molecule has 0 radical (unpaired) electrons. The van der Waals surface area contributed by atoms with Gasteiger partial charge in [0.2, 0.25) is 11.8 Å². The molecule has 0 bridgehead atoms. The molecule has 3 heterocycles. The average molecular weight is 499 g/mol. The minimum absolute atomic E-state index is 0.0127. The molecule has 12 heteroatoms. The van der Waals surface area contributed by atoms with Crippen molar-refractivity contribution in [3.63, 3.8) is 0 Å². The molecule has 3 aromatic rings. The number of nitrogens with one attached hydrogen (secondary N) is 1. The Morgan fingerprint density at radius 3 is 2.81 bits per heavy atom. The van der Waals surface area contributed by atoms with E-state index in [0.717, 1.165) is 16.2 Å². The third kappa shape index (κ3) is 5.47. The second-order valence-electron chi connectivity index (χ2n) is 6.85. The van der Waals surface area contributed by atoms with Gasteiger partial charge in [-0.15, -0.1) is 28.2 Å². The van der Waals surface area contributed by atoms with E-state index < -0.39 is 15.9 Å². The van der Waals surface area contributed by atoms with Crippen LogP contribution in [0.1, 0.15) is 18.7 Å². The number of hydrogen-bond acceptors (Lipinski definition) is 8. The van der Waals surface area contributed by atoms with Crippen LogP contribution in [0.5, 0.6) is 0 Å². The van der Waals surface area contributed by atoms with Crippen molar-refractivity contribution < 1.29 is 17.6 Å². The van der Waals surface area contributed by atoms with Gasteiger partial charge in [0.1, 0.15) is 4.21 Å². The van der Waals surface area contributed by atoms with E-state index in [1.54, 1.807) is 17.8 Å². The first-order valence-corrected chi connectivity index (χ1v) is 13.1. The van der Waals surface area contributed by atoms with E-state index in [9.17, 15) is 13.2 Å². The van der Waals surface area contributed by atoms with Crippen molar-refractivity contribution in [1.29, 1.82) is 0 Å². The van der Waals surface area contributed by atoms with Crippen molar-refractivity contribution in [3.8, 4) is 0 Å². The molecule has 164 valence electrons. The van der Waals surface area contributed by atoms with Crippen LogP contribution < -0.4 is 5.32 Å². The number of thiophene rings is 1. The third-order valence-electron chi connectivity index (χ3n) is 4.70. The first kappa shape index (κ1) is 22.3. The molecule has 8 nitrogen and oxygen atoms in total. The maximum Gasteiger partial charge on any atom is 0.322 e. The van der Waals surface area contributed by atoms with Crippen molar-refractivity contribution in [1.82, 2.24) is 14.5 Å². The van der Waals surface area contributed by atoms with E-state index >= 15 is 0 Å². The fourth-order valence-electron chi connectivity index (χ4n) is 3.17. The molecule has 0 aliphatic carbocycles. The van der Waals surface area contributed by atoms with E-state index in [0.29, 0.717) is 35.4 Å². The number of halogens is 1. The normalized spacial score (nSPS) is 17.5. The van der Waals surface area contributed by atoms with Crippen LogP contribution in [0.25, 0.3) is 0 Å². The second-order valence-corrected chi connectivity index (χ2v) is 11.8. The standard InChI is InChI=1S/C19H19ClN4O4S3/c20-15-8-9-17(30-15)31(26,27)24-10-4-5-13(11-24)18(25)21-19-23-22-16(28-19)12-29-14-6-2-1-3-7-14/h1-3,6-9,13H,4-5,10-12H2,(H,21,23,25). The molecule has 2 aromatic heterocycles. The van der Waals surface area contributed by atoms with Crippen molar-refractivity contribution in [3.05, 3.63) is 52.7 Å². The number of piperidine rings is 1. The molecular formula is C19H19ClN4O4S3. The Balaban J connectivity index is 1.35. The van der Waals surface area contributed by atoms with Crippen molar-refractivity contribution in [2.24, 2.45) is 5.92 Å². The maximum absolute atomic E-state index is 12.8. The first-order chi connectivity index (χ1) is 14.9. The van der Waals surface area contributed by atoms with Gasteiger partial charge in [-0.1, -0.05) is 34.9 Å². The predicted molar refractivity (Wildman–Crippen MR) is 120 cm³/mol. The highest BCUT2D eigenvalue weighted by Gasteiger charge is 2.34. The third-order valence-corrected chi connectivity index (χ3v) is 9.26. The Morgan fingerprint density at radius 2 is 2.06 bits per heavy atom. The topological polar surface area (TPSA) is 105 Å². The molecule has 1 atom stereocenters. The van der Waals surface area contributed by atoms with E-state index in [4.69, 9.17) is 16.0 Å². The quantitative estimate of drug-likeness (QED) is 0.488. The summed E-state index contributed by atoms with van der Waals surface area (Å²) in [6, 6.07) is 12.9. The minimum atomic E-state index is -3.68. The average Bonchev–Trinajstić information content (AvgIpc) is 3.42. The number of amides is 1. The fourth-order valence-corrected chi connectivity index (χ4v) is 7.09. The molecule has 1 unspecified atom stereocenters. The SMILES string of the molecule is O=C(Nc1nnc(CSc2ccccc2)o1)C1CCCN(S(=O)(=O)c2ccc(Cl)s2)C1. The molecule has 0 spiro atoms. The van der Waals surface area contributed by atoms with Gasteiger partial charge in [0, 0.05) is 18.0 Å². The number of rotatable bonds is 7. The summed E-state index contributed by atoms with van der Waals surface area (Å²) in [5.41, 5.74) is 0. The van der Waals surface area contributed by atoms with Crippen molar-refractivity contribution in [2.75, 3.05) is 18.4 Å². The first-order valence-electron chi connectivity index (χ1n) is 9.48. The van der Waals surface area contributed by atoms with Crippen molar-refractivity contribution >= 4 is 56.6 Å². The van der Waals surface area contributed by atoms with Crippen LogP contribution in [0.2, 0.25) is 4.34 Å². The lowest BCUT2D eigenvalue weighted by atomic mass is 9.99. The summed E-state index contributed by atoms with van der Waals surface area (Å²) in [6.45, 7) is 0.456. The number of aromatic nitrogens is 2. The Kier molecular flexibility index (Phi) is 6.97. The molecule has 0 saturated carbocycles. The highest BCUT2D eigenvalue weighted by Crippen LogP contribution is 2.31. The lowest BCUT2D eigenvalue weighted by molar-refractivity contribution is -0.121. The van der Waals surface area contributed by atoms with Crippen LogP contribution in [0.3, 0.4) is 0 Å². The summed E-state index contributed by atoms with van der Waals surface area (Å²) < 4.78 is 33.1. The summed E-state index contributed by atoms with van der Waals surface area (Å²) in [5, 5.41) is 10.4. The Bertz CT molecular complexity index is 1150. The lowest BCUT2D eigenvalue weighted by Gasteiger charge is -2.30. The molecule has 4 rings (SSSR count). The molecule has 1 fully saturated rings. The lowest BCUT2D eigenvalue weighted by Crippen LogP contribution is -2.43. The zero-order chi connectivity index (χ0) is 21.8. The van der Waals surface area contributed by atoms with Gasteiger partial charge in [0.05, 0.1) is 16.0 Å². The zero-order valence-electron chi connectivity index (χ0n) is 16.2. The van der Waals surface area contributed by atoms with Crippen LogP contribution in [-0.2, 0) is 20.6 Å². The van der Waals surface area contributed by atoms with Gasteiger partial charge < -0.3 is 4.42 Å². The maximum atomic E-state index is 12.8. The summed E-state index contributed by atoms with van der Waals surface area (Å²) in [7, 11) is -3.68. The van der Waals surface area contributed by atoms with Gasteiger partial charge in [-0.2, -0.15) is 4.31 Å².